The number of alkyl halides is 3. The molecule has 0 aliphatic carbocycles. The van der Waals surface area contributed by atoms with Gasteiger partial charge in [0.2, 0.25) is 0 Å². The van der Waals surface area contributed by atoms with Gasteiger partial charge in [-0.25, -0.2) is 0 Å². The van der Waals surface area contributed by atoms with Crippen molar-refractivity contribution in [3.63, 3.8) is 0 Å². The molecule has 0 aliphatic heterocycles. The standard InChI is InChI=1S/C8H3Cl7/c9-1-2-3(8(14)15)5(11)7(13)6(12)4(2)10/h8H,1H2. The lowest BCUT2D eigenvalue weighted by atomic mass is 10.1. The molecule has 0 spiro atoms. The molecule has 0 atom stereocenters. The van der Waals surface area contributed by atoms with Crippen molar-refractivity contribution < 1.29 is 0 Å². The first-order valence-corrected chi connectivity index (χ1v) is 6.52. The highest BCUT2D eigenvalue weighted by Gasteiger charge is 2.23. The van der Waals surface area contributed by atoms with Crippen LogP contribution in [0.25, 0.3) is 0 Å². The Hall–Kier alpha value is 1.25. The van der Waals surface area contributed by atoms with E-state index in [0.717, 1.165) is 0 Å². The van der Waals surface area contributed by atoms with Gasteiger partial charge in [-0.2, -0.15) is 0 Å². The Bertz CT molecular complexity index is 385. The molecule has 15 heavy (non-hydrogen) atoms. The Balaban J connectivity index is 3.62. The van der Waals surface area contributed by atoms with E-state index in [2.05, 4.69) is 0 Å². The molecule has 0 bridgehead atoms. The summed E-state index contributed by atoms with van der Waals surface area (Å²) in [5, 5.41) is 0.675. The van der Waals surface area contributed by atoms with Crippen molar-refractivity contribution in [2.75, 3.05) is 0 Å². The molecule has 7 heteroatoms. The normalized spacial score (nSPS) is 11.2. The third-order valence-corrected chi connectivity index (χ3v) is 4.32. The molecule has 84 valence electrons. The van der Waals surface area contributed by atoms with Crippen molar-refractivity contribution in [3.8, 4) is 0 Å². The lowest BCUT2D eigenvalue weighted by molar-refractivity contribution is 1.24. The van der Waals surface area contributed by atoms with Crippen LogP contribution in [-0.2, 0) is 5.88 Å². The molecular weight excluding hydrogens is 344 g/mol. The zero-order valence-electron chi connectivity index (χ0n) is 6.93. The molecule has 0 aromatic heterocycles. The molecule has 0 N–H and O–H groups in total. The van der Waals surface area contributed by atoms with Crippen molar-refractivity contribution in [3.05, 3.63) is 31.2 Å². The number of hydrogen-bond donors (Lipinski definition) is 0. The van der Waals surface area contributed by atoms with Gasteiger partial charge < -0.3 is 0 Å². The fraction of sp³-hybridized carbons (Fsp3) is 0.250. The average molecular weight is 347 g/mol. The predicted molar refractivity (Wildman–Crippen MR) is 70.5 cm³/mol. The summed E-state index contributed by atoms with van der Waals surface area (Å²) >= 11 is 40.8. The molecule has 1 aromatic rings. The number of halogens is 7. The Labute approximate surface area is 122 Å². The van der Waals surface area contributed by atoms with E-state index in [-0.39, 0.29) is 26.0 Å². The molecule has 1 rings (SSSR count). The second-order valence-corrected chi connectivity index (χ2v) is 5.46. The number of benzene rings is 1. The average Bonchev–Trinajstić information content (AvgIpc) is 2.19. The van der Waals surface area contributed by atoms with Gasteiger partial charge >= 0.3 is 0 Å². The van der Waals surface area contributed by atoms with Gasteiger partial charge in [0, 0.05) is 11.4 Å². The third-order valence-electron chi connectivity index (χ3n) is 1.76. The molecule has 1 aromatic carbocycles. The highest BCUT2D eigenvalue weighted by atomic mass is 35.5. The van der Waals surface area contributed by atoms with Crippen LogP contribution in [0.3, 0.4) is 0 Å². The van der Waals surface area contributed by atoms with Crippen molar-refractivity contribution >= 4 is 81.2 Å². The molecule has 0 saturated carbocycles. The SMILES string of the molecule is ClCc1c(Cl)c(Cl)c(Cl)c(Cl)c1C(Cl)Cl. The summed E-state index contributed by atoms with van der Waals surface area (Å²) in [7, 11) is 0. The van der Waals surface area contributed by atoms with Crippen molar-refractivity contribution in [2.45, 2.75) is 10.7 Å². The first kappa shape index (κ1) is 14.3. The summed E-state index contributed by atoms with van der Waals surface area (Å²) in [5.74, 6) is 0.0979. The Morgan fingerprint density at radius 1 is 0.800 bits per heavy atom. The van der Waals surface area contributed by atoms with Crippen molar-refractivity contribution in [1.29, 1.82) is 0 Å². The van der Waals surface area contributed by atoms with E-state index in [4.69, 9.17) is 81.2 Å². The van der Waals surface area contributed by atoms with E-state index in [0.29, 0.717) is 11.1 Å². The maximum absolute atomic E-state index is 5.95. The van der Waals surface area contributed by atoms with E-state index in [1.165, 1.54) is 0 Å². The minimum Gasteiger partial charge on any atom is -0.121 e. The van der Waals surface area contributed by atoms with Gasteiger partial charge in [0.25, 0.3) is 0 Å². The van der Waals surface area contributed by atoms with Crippen LogP contribution >= 0.6 is 81.2 Å². The predicted octanol–water partition coefficient (Wildman–Crippen LogP) is 6.52. The molecule has 0 radical (unpaired) electrons. The summed E-state index contributed by atoms with van der Waals surface area (Å²) in [6.07, 6.45) is 0. The van der Waals surface area contributed by atoms with Gasteiger partial charge in [-0.3, -0.25) is 0 Å². The largest absolute Gasteiger partial charge is 0.134 e. The minimum atomic E-state index is -0.862. The lowest BCUT2D eigenvalue weighted by Gasteiger charge is -2.15. The van der Waals surface area contributed by atoms with E-state index >= 15 is 0 Å². The van der Waals surface area contributed by atoms with Crippen LogP contribution in [0.2, 0.25) is 20.1 Å². The monoisotopic (exact) mass is 344 g/mol. The highest BCUT2D eigenvalue weighted by molar-refractivity contribution is 6.54. The molecule has 0 heterocycles. The van der Waals surface area contributed by atoms with Gasteiger partial charge in [0.15, 0.2) is 0 Å². The highest BCUT2D eigenvalue weighted by Crippen LogP contribution is 2.46. The lowest BCUT2D eigenvalue weighted by Crippen LogP contribution is -1.96. The first-order valence-electron chi connectivity index (χ1n) is 3.60. The van der Waals surface area contributed by atoms with E-state index in [9.17, 15) is 0 Å². The van der Waals surface area contributed by atoms with Crippen LogP contribution < -0.4 is 0 Å². The smallest absolute Gasteiger partial charge is 0.121 e. The summed E-state index contributed by atoms with van der Waals surface area (Å²) < 4.78 is 0. The summed E-state index contributed by atoms with van der Waals surface area (Å²) in [6.45, 7) is 0. The molecule has 0 saturated heterocycles. The first-order chi connectivity index (χ1) is 6.91. The maximum Gasteiger partial charge on any atom is 0.134 e. The molecule has 0 aliphatic rings. The summed E-state index contributed by atoms with van der Waals surface area (Å²) in [6, 6.07) is 0. The second-order valence-electron chi connectivity index (χ2n) is 2.58. The van der Waals surface area contributed by atoms with Crippen molar-refractivity contribution in [1.82, 2.24) is 0 Å². The van der Waals surface area contributed by atoms with E-state index in [1.54, 1.807) is 0 Å². The quantitative estimate of drug-likeness (QED) is 0.325. The molecular formula is C8H3Cl7. The second kappa shape index (κ2) is 5.73. The molecule has 0 amide bonds. The zero-order chi connectivity index (χ0) is 11.7. The van der Waals surface area contributed by atoms with E-state index < -0.39 is 4.84 Å². The van der Waals surface area contributed by atoms with Crippen LogP contribution in [0.1, 0.15) is 16.0 Å². The van der Waals surface area contributed by atoms with Gasteiger partial charge in [0.1, 0.15) is 4.84 Å². The van der Waals surface area contributed by atoms with Gasteiger partial charge in [-0.1, -0.05) is 69.6 Å². The van der Waals surface area contributed by atoms with Crippen LogP contribution in [0.4, 0.5) is 0 Å². The number of rotatable bonds is 2. The number of hydrogen-bond acceptors (Lipinski definition) is 0. The maximum atomic E-state index is 5.95. The zero-order valence-corrected chi connectivity index (χ0v) is 12.2. The Morgan fingerprint density at radius 2 is 1.27 bits per heavy atom. The van der Waals surface area contributed by atoms with Gasteiger partial charge in [0.05, 0.1) is 20.1 Å². The topological polar surface area (TPSA) is 0 Å². The summed E-state index contributed by atoms with van der Waals surface area (Å²) in [4.78, 5) is -0.862. The van der Waals surface area contributed by atoms with Crippen LogP contribution in [0.15, 0.2) is 0 Å². The van der Waals surface area contributed by atoms with Crippen LogP contribution in [0, 0.1) is 0 Å². The molecule has 0 fully saturated rings. The Morgan fingerprint density at radius 3 is 1.67 bits per heavy atom. The van der Waals surface area contributed by atoms with Gasteiger partial charge in [-0.15, -0.1) is 11.6 Å². The third kappa shape index (κ3) is 2.74. The van der Waals surface area contributed by atoms with Crippen LogP contribution in [-0.4, -0.2) is 0 Å². The minimum absolute atomic E-state index is 0.0979. The van der Waals surface area contributed by atoms with Crippen LogP contribution in [0.5, 0.6) is 0 Å². The summed E-state index contributed by atoms with van der Waals surface area (Å²) in [5.41, 5.74) is 0.891. The fourth-order valence-corrected chi connectivity index (χ4v) is 3.07. The van der Waals surface area contributed by atoms with E-state index in [1.807, 2.05) is 0 Å². The van der Waals surface area contributed by atoms with Gasteiger partial charge in [-0.05, 0) is 5.56 Å². The Kier molecular flexibility index (Phi) is 5.47. The fourth-order valence-electron chi connectivity index (χ4n) is 1.05. The molecule has 0 unspecified atom stereocenters. The van der Waals surface area contributed by atoms with Crippen molar-refractivity contribution in [2.24, 2.45) is 0 Å². The molecule has 0 nitrogen and oxygen atoms in total.